The van der Waals surface area contributed by atoms with Gasteiger partial charge in [0.05, 0.1) is 21.5 Å². The average Bonchev–Trinajstić information content (AvgIpc) is 2.94. The highest BCUT2D eigenvalue weighted by atomic mass is 35.5. The molecular formula is C13H14ClNO3S. The number of oxazole rings is 1. The number of ether oxygens (including phenoxy) is 1. The quantitative estimate of drug-likeness (QED) is 0.787. The lowest BCUT2D eigenvalue weighted by atomic mass is 10.1. The second kappa shape index (κ2) is 5.75. The maximum atomic E-state index is 11.8. The van der Waals surface area contributed by atoms with Crippen molar-refractivity contribution in [2.75, 3.05) is 6.61 Å². The third kappa shape index (κ3) is 2.98. The first-order valence-corrected chi connectivity index (χ1v) is 7.16. The highest BCUT2D eigenvalue weighted by Gasteiger charge is 2.24. The molecule has 0 aliphatic carbocycles. The van der Waals surface area contributed by atoms with Crippen LogP contribution in [0.4, 0.5) is 0 Å². The number of esters is 1. The first-order valence-electron chi connectivity index (χ1n) is 5.96. The Morgan fingerprint density at radius 1 is 1.53 bits per heavy atom. The van der Waals surface area contributed by atoms with Crippen LogP contribution in [-0.4, -0.2) is 17.6 Å². The van der Waals surface area contributed by atoms with Crippen molar-refractivity contribution in [3.8, 4) is 10.8 Å². The Morgan fingerprint density at radius 2 is 2.26 bits per heavy atom. The van der Waals surface area contributed by atoms with Crippen LogP contribution in [-0.2, 0) is 4.74 Å². The number of carbonyl (C=O) groups is 1. The molecule has 2 heterocycles. The van der Waals surface area contributed by atoms with Crippen molar-refractivity contribution in [1.29, 1.82) is 0 Å². The van der Waals surface area contributed by atoms with Crippen LogP contribution in [0.15, 0.2) is 16.5 Å². The van der Waals surface area contributed by atoms with Crippen molar-refractivity contribution in [3.05, 3.63) is 27.9 Å². The van der Waals surface area contributed by atoms with Crippen LogP contribution in [0.2, 0.25) is 4.34 Å². The molecule has 0 N–H and O–H groups in total. The molecule has 0 aliphatic rings. The van der Waals surface area contributed by atoms with Gasteiger partial charge in [0, 0.05) is 0 Å². The lowest BCUT2D eigenvalue weighted by molar-refractivity contribution is 0.0489. The molecule has 19 heavy (non-hydrogen) atoms. The molecule has 4 nitrogen and oxygen atoms in total. The summed E-state index contributed by atoms with van der Waals surface area (Å²) < 4.78 is 11.2. The number of rotatable bonds is 4. The molecule has 0 aliphatic heterocycles. The maximum absolute atomic E-state index is 11.8. The number of aromatic nitrogens is 1. The lowest BCUT2D eigenvalue weighted by Gasteiger charge is -2.02. The minimum absolute atomic E-state index is 0.0762. The second-order valence-electron chi connectivity index (χ2n) is 4.21. The van der Waals surface area contributed by atoms with Crippen molar-refractivity contribution >= 4 is 28.9 Å². The summed E-state index contributed by atoms with van der Waals surface area (Å²) in [4.78, 5) is 17.0. The normalized spacial score (nSPS) is 11.0. The van der Waals surface area contributed by atoms with Gasteiger partial charge in [0.1, 0.15) is 0 Å². The summed E-state index contributed by atoms with van der Waals surface area (Å²) in [5, 5.41) is 0. The zero-order valence-corrected chi connectivity index (χ0v) is 12.5. The van der Waals surface area contributed by atoms with Gasteiger partial charge in [0.15, 0.2) is 0 Å². The van der Waals surface area contributed by atoms with Crippen molar-refractivity contribution in [3.63, 3.8) is 0 Å². The van der Waals surface area contributed by atoms with E-state index in [1.54, 1.807) is 13.0 Å². The molecule has 0 fully saturated rings. The molecule has 0 amide bonds. The standard InChI is InChI=1S/C13H14ClNO3S/c1-4-17-13(16)11-10(7(2)3)15-12(18-11)8-5-6-9(14)19-8/h5-7H,4H2,1-3H3. The number of halogens is 1. The minimum atomic E-state index is -0.479. The number of carbonyl (C=O) groups excluding carboxylic acids is 1. The molecule has 0 aromatic carbocycles. The summed E-state index contributed by atoms with van der Waals surface area (Å²) in [6.45, 7) is 5.96. The Kier molecular flexibility index (Phi) is 4.27. The van der Waals surface area contributed by atoms with E-state index in [9.17, 15) is 4.79 Å². The van der Waals surface area contributed by atoms with Gasteiger partial charge in [0.25, 0.3) is 0 Å². The van der Waals surface area contributed by atoms with E-state index in [1.807, 2.05) is 19.9 Å². The Morgan fingerprint density at radius 3 is 2.79 bits per heavy atom. The molecule has 2 aromatic rings. The molecule has 0 spiro atoms. The fraction of sp³-hybridized carbons (Fsp3) is 0.385. The van der Waals surface area contributed by atoms with E-state index in [2.05, 4.69) is 4.98 Å². The average molecular weight is 300 g/mol. The molecule has 0 saturated carbocycles. The summed E-state index contributed by atoms with van der Waals surface area (Å²) in [5.41, 5.74) is 0.609. The highest BCUT2D eigenvalue weighted by Crippen LogP contribution is 2.33. The summed E-state index contributed by atoms with van der Waals surface area (Å²) in [7, 11) is 0. The van der Waals surface area contributed by atoms with E-state index in [0.29, 0.717) is 22.5 Å². The van der Waals surface area contributed by atoms with Gasteiger partial charge in [-0.15, -0.1) is 11.3 Å². The van der Waals surface area contributed by atoms with Gasteiger partial charge in [-0.2, -0.15) is 0 Å². The van der Waals surface area contributed by atoms with Gasteiger partial charge >= 0.3 is 5.97 Å². The van der Waals surface area contributed by atoms with E-state index in [1.165, 1.54) is 11.3 Å². The topological polar surface area (TPSA) is 52.3 Å². The predicted octanol–water partition coefficient (Wildman–Crippen LogP) is 4.36. The van der Waals surface area contributed by atoms with Gasteiger partial charge in [0.2, 0.25) is 11.7 Å². The Hall–Kier alpha value is -1.33. The number of hydrogen-bond acceptors (Lipinski definition) is 5. The van der Waals surface area contributed by atoms with Gasteiger partial charge in [-0.3, -0.25) is 0 Å². The highest BCUT2D eigenvalue weighted by molar-refractivity contribution is 7.19. The Balaban J connectivity index is 2.43. The molecule has 0 unspecified atom stereocenters. The van der Waals surface area contributed by atoms with Crippen LogP contribution in [0.3, 0.4) is 0 Å². The van der Waals surface area contributed by atoms with E-state index in [4.69, 9.17) is 20.8 Å². The molecule has 6 heteroatoms. The molecule has 0 radical (unpaired) electrons. The lowest BCUT2D eigenvalue weighted by Crippen LogP contribution is -2.07. The van der Waals surface area contributed by atoms with Crippen LogP contribution < -0.4 is 0 Å². The molecule has 0 atom stereocenters. The van der Waals surface area contributed by atoms with Crippen molar-refractivity contribution in [2.24, 2.45) is 0 Å². The van der Waals surface area contributed by atoms with Crippen molar-refractivity contribution < 1.29 is 13.9 Å². The van der Waals surface area contributed by atoms with Crippen LogP contribution in [0.1, 0.15) is 42.9 Å². The number of thiophene rings is 1. The second-order valence-corrected chi connectivity index (χ2v) is 5.93. The zero-order valence-electron chi connectivity index (χ0n) is 10.9. The largest absolute Gasteiger partial charge is 0.460 e. The molecule has 0 bridgehead atoms. The van der Waals surface area contributed by atoms with E-state index < -0.39 is 5.97 Å². The van der Waals surface area contributed by atoms with Gasteiger partial charge in [-0.1, -0.05) is 25.4 Å². The van der Waals surface area contributed by atoms with E-state index >= 15 is 0 Å². The monoisotopic (exact) mass is 299 g/mol. The molecule has 102 valence electrons. The van der Waals surface area contributed by atoms with Gasteiger partial charge in [-0.25, -0.2) is 9.78 Å². The Bertz CT molecular complexity index is 588. The number of nitrogens with zero attached hydrogens (tertiary/aromatic N) is 1. The van der Waals surface area contributed by atoms with Gasteiger partial charge < -0.3 is 9.15 Å². The third-order valence-corrected chi connectivity index (χ3v) is 3.66. The molecule has 2 rings (SSSR count). The summed E-state index contributed by atoms with van der Waals surface area (Å²) in [6, 6.07) is 3.59. The van der Waals surface area contributed by atoms with E-state index in [0.717, 1.165) is 4.88 Å². The van der Waals surface area contributed by atoms with Crippen LogP contribution >= 0.6 is 22.9 Å². The van der Waals surface area contributed by atoms with Crippen LogP contribution in [0, 0.1) is 0 Å². The zero-order chi connectivity index (χ0) is 14.0. The maximum Gasteiger partial charge on any atom is 0.376 e. The smallest absolute Gasteiger partial charge is 0.376 e. The summed E-state index contributed by atoms with van der Waals surface area (Å²) >= 11 is 7.25. The molecule has 2 aromatic heterocycles. The van der Waals surface area contributed by atoms with Crippen molar-refractivity contribution in [1.82, 2.24) is 4.98 Å². The fourth-order valence-electron chi connectivity index (χ4n) is 1.60. The summed E-state index contributed by atoms with van der Waals surface area (Å²) in [5.74, 6) is 0.181. The van der Waals surface area contributed by atoms with Gasteiger partial charge in [-0.05, 0) is 25.0 Å². The fourth-order valence-corrected chi connectivity index (χ4v) is 2.57. The SMILES string of the molecule is CCOC(=O)c1oc(-c2ccc(Cl)s2)nc1C(C)C. The predicted molar refractivity (Wildman–Crippen MR) is 74.9 cm³/mol. The third-order valence-electron chi connectivity index (χ3n) is 2.45. The summed E-state index contributed by atoms with van der Waals surface area (Å²) in [6.07, 6.45) is 0. The first kappa shape index (κ1) is 14.1. The molecular weight excluding hydrogens is 286 g/mol. The van der Waals surface area contributed by atoms with Crippen LogP contribution in [0.25, 0.3) is 10.8 Å². The van der Waals surface area contributed by atoms with E-state index in [-0.39, 0.29) is 11.7 Å². The number of hydrogen-bond donors (Lipinski definition) is 0. The first-order chi connectivity index (χ1) is 9.02. The van der Waals surface area contributed by atoms with Crippen molar-refractivity contribution in [2.45, 2.75) is 26.7 Å². The van der Waals surface area contributed by atoms with Crippen LogP contribution in [0.5, 0.6) is 0 Å². The Labute approximate surface area is 120 Å². The molecule has 0 saturated heterocycles. The minimum Gasteiger partial charge on any atom is -0.460 e.